The van der Waals surface area contributed by atoms with Crippen LogP contribution < -0.4 is 9.64 Å². The van der Waals surface area contributed by atoms with Gasteiger partial charge in [-0.25, -0.2) is 0 Å². The van der Waals surface area contributed by atoms with Crippen molar-refractivity contribution in [2.24, 2.45) is 0 Å². The Morgan fingerprint density at radius 3 is 2.55 bits per heavy atom. The molecule has 0 spiro atoms. The summed E-state index contributed by atoms with van der Waals surface area (Å²) in [6.45, 7) is 5.34. The van der Waals surface area contributed by atoms with Crippen molar-refractivity contribution in [3.63, 3.8) is 0 Å². The highest BCUT2D eigenvalue weighted by molar-refractivity contribution is 6.05. The van der Waals surface area contributed by atoms with Crippen LogP contribution in [-0.2, 0) is 11.2 Å². The highest BCUT2D eigenvalue weighted by atomic mass is 16.5. The van der Waals surface area contributed by atoms with E-state index < -0.39 is 0 Å². The van der Waals surface area contributed by atoms with Gasteiger partial charge in [-0.2, -0.15) is 0 Å². The number of fused-ring (bicyclic) bond motifs is 1. The molecule has 2 aromatic carbocycles. The van der Waals surface area contributed by atoms with Crippen LogP contribution in [0.5, 0.6) is 5.75 Å². The number of hydrogen-bond donors (Lipinski definition) is 0. The lowest BCUT2D eigenvalue weighted by atomic mass is 9.93. The van der Waals surface area contributed by atoms with Crippen molar-refractivity contribution in [1.29, 1.82) is 0 Å². The first-order valence-corrected chi connectivity index (χ1v) is 7.87. The van der Waals surface area contributed by atoms with Gasteiger partial charge in [-0.15, -0.1) is 0 Å². The minimum Gasteiger partial charge on any atom is -0.494 e. The molecule has 2 aromatic rings. The van der Waals surface area contributed by atoms with Crippen LogP contribution >= 0.6 is 0 Å². The molecule has 1 aliphatic heterocycles. The Balaban J connectivity index is 1.95. The largest absolute Gasteiger partial charge is 0.494 e. The zero-order chi connectivity index (χ0) is 15.5. The van der Waals surface area contributed by atoms with Crippen molar-refractivity contribution in [3.05, 3.63) is 59.7 Å². The summed E-state index contributed by atoms with van der Waals surface area (Å²) < 4.78 is 5.70. The standard InChI is InChI=1S/C19H21NO2/c1-3-20-17-11-7-6-10-15(17)16(19(20)21)13-14-9-5-8-12-18(14)22-4-2/h5-12,16H,3-4,13H2,1-2H3/t16-/m1/s1. The first-order valence-electron chi connectivity index (χ1n) is 7.87. The molecule has 0 N–H and O–H groups in total. The molecule has 3 nitrogen and oxygen atoms in total. The number of carbonyl (C=O) groups is 1. The second-order valence-corrected chi connectivity index (χ2v) is 5.44. The van der Waals surface area contributed by atoms with E-state index in [0.29, 0.717) is 19.6 Å². The summed E-state index contributed by atoms with van der Waals surface area (Å²) in [4.78, 5) is 14.6. The summed E-state index contributed by atoms with van der Waals surface area (Å²) in [5.41, 5.74) is 3.27. The van der Waals surface area contributed by atoms with Crippen LogP contribution in [0.1, 0.15) is 30.9 Å². The number of nitrogens with zero attached hydrogens (tertiary/aromatic N) is 1. The molecule has 0 radical (unpaired) electrons. The summed E-state index contributed by atoms with van der Waals surface area (Å²) >= 11 is 0. The minimum absolute atomic E-state index is 0.113. The van der Waals surface area contributed by atoms with Gasteiger partial charge in [0.05, 0.1) is 12.5 Å². The topological polar surface area (TPSA) is 29.5 Å². The van der Waals surface area contributed by atoms with Crippen molar-refractivity contribution in [3.8, 4) is 5.75 Å². The summed E-state index contributed by atoms with van der Waals surface area (Å²) in [5, 5.41) is 0. The first-order chi connectivity index (χ1) is 10.8. The molecule has 0 aliphatic carbocycles. The van der Waals surface area contributed by atoms with Gasteiger partial charge in [0.15, 0.2) is 0 Å². The van der Waals surface area contributed by atoms with E-state index >= 15 is 0 Å². The zero-order valence-electron chi connectivity index (χ0n) is 13.1. The smallest absolute Gasteiger partial charge is 0.234 e. The summed E-state index contributed by atoms with van der Waals surface area (Å²) in [6.07, 6.45) is 0.683. The number of hydrogen-bond acceptors (Lipinski definition) is 2. The molecular formula is C19H21NO2. The van der Waals surface area contributed by atoms with Gasteiger partial charge in [-0.05, 0) is 43.5 Å². The SMILES string of the molecule is CCOc1ccccc1C[C@H]1C(=O)N(CC)c2ccccc21. The fraction of sp³-hybridized carbons (Fsp3) is 0.316. The van der Waals surface area contributed by atoms with Gasteiger partial charge < -0.3 is 9.64 Å². The third kappa shape index (κ3) is 2.47. The van der Waals surface area contributed by atoms with Crippen LogP contribution in [0.2, 0.25) is 0 Å². The Labute approximate surface area is 131 Å². The highest BCUT2D eigenvalue weighted by Gasteiger charge is 2.36. The normalized spacial score (nSPS) is 16.7. The molecule has 3 rings (SSSR count). The molecule has 1 aliphatic rings. The number of para-hydroxylation sites is 2. The van der Waals surface area contributed by atoms with Crippen LogP contribution in [-0.4, -0.2) is 19.1 Å². The highest BCUT2D eigenvalue weighted by Crippen LogP contribution is 2.39. The number of anilines is 1. The summed E-state index contributed by atoms with van der Waals surface area (Å²) in [7, 11) is 0. The number of ether oxygens (including phenoxy) is 1. The van der Waals surface area contributed by atoms with E-state index in [1.165, 1.54) is 0 Å². The maximum atomic E-state index is 12.8. The van der Waals surface area contributed by atoms with Gasteiger partial charge in [0, 0.05) is 12.2 Å². The molecule has 0 fully saturated rings. The van der Waals surface area contributed by atoms with Gasteiger partial charge in [-0.3, -0.25) is 4.79 Å². The number of amides is 1. The van der Waals surface area contributed by atoms with Crippen LogP contribution in [0.4, 0.5) is 5.69 Å². The van der Waals surface area contributed by atoms with E-state index in [4.69, 9.17) is 4.74 Å². The quantitative estimate of drug-likeness (QED) is 0.840. The van der Waals surface area contributed by atoms with Crippen molar-refractivity contribution >= 4 is 11.6 Å². The number of carbonyl (C=O) groups excluding carboxylic acids is 1. The Morgan fingerprint density at radius 1 is 1.05 bits per heavy atom. The molecule has 1 atom stereocenters. The van der Waals surface area contributed by atoms with E-state index in [1.54, 1.807) is 0 Å². The van der Waals surface area contributed by atoms with Gasteiger partial charge in [0.2, 0.25) is 5.91 Å². The van der Waals surface area contributed by atoms with Gasteiger partial charge in [-0.1, -0.05) is 36.4 Å². The molecule has 0 unspecified atom stereocenters. The van der Waals surface area contributed by atoms with Crippen molar-refractivity contribution < 1.29 is 9.53 Å². The lowest BCUT2D eigenvalue weighted by Gasteiger charge is -2.16. The fourth-order valence-corrected chi connectivity index (χ4v) is 3.18. The van der Waals surface area contributed by atoms with E-state index in [-0.39, 0.29) is 11.8 Å². The summed E-state index contributed by atoms with van der Waals surface area (Å²) in [5.74, 6) is 0.956. The Morgan fingerprint density at radius 2 is 1.77 bits per heavy atom. The van der Waals surface area contributed by atoms with E-state index in [2.05, 4.69) is 12.1 Å². The fourth-order valence-electron chi connectivity index (χ4n) is 3.18. The van der Waals surface area contributed by atoms with Crippen LogP contribution in [0, 0.1) is 0 Å². The predicted octanol–water partition coefficient (Wildman–Crippen LogP) is 3.78. The number of rotatable bonds is 5. The lowest BCUT2D eigenvalue weighted by Crippen LogP contribution is -2.29. The third-order valence-corrected chi connectivity index (χ3v) is 4.18. The predicted molar refractivity (Wildman–Crippen MR) is 88.5 cm³/mol. The second kappa shape index (κ2) is 6.22. The maximum Gasteiger partial charge on any atom is 0.234 e. The van der Waals surface area contributed by atoms with Crippen molar-refractivity contribution in [2.75, 3.05) is 18.1 Å². The lowest BCUT2D eigenvalue weighted by molar-refractivity contribution is -0.119. The van der Waals surface area contributed by atoms with E-state index in [1.807, 2.05) is 55.1 Å². The Hall–Kier alpha value is -2.29. The van der Waals surface area contributed by atoms with Gasteiger partial charge in [0.1, 0.15) is 5.75 Å². The molecular weight excluding hydrogens is 274 g/mol. The van der Waals surface area contributed by atoms with Crippen LogP contribution in [0.3, 0.4) is 0 Å². The summed E-state index contributed by atoms with van der Waals surface area (Å²) in [6, 6.07) is 16.1. The van der Waals surface area contributed by atoms with Crippen LogP contribution in [0.25, 0.3) is 0 Å². The molecule has 114 valence electrons. The zero-order valence-corrected chi connectivity index (χ0v) is 13.1. The Bertz CT molecular complexity index is 681. The molecule has 0 saturated carbocycles. The molecule has 0 saturated heterocycles. The number of benzene rings is 2. The van der Waals surface area contributed by atoms with Gasteiger partial charge >= 0.3 is 0 Å². The molecule has 1 heterocycles. The molecule has 3 heteroatoms. The molecule has 1 amide bonds. The minimum atomic E-state index is -0.113. The Kier molecular flexibility index (Phi) is 4.14. The average Bonchev–Trinajstić information content (AvgIpc) is 2.81. The second-order valence-electron chi connectivity index (χ2n) is 5.44. The monoisotopic (exact) mass is 295 g/mol. The van der Waals surface area contributed by atoms with Crippen molar-refractivity contribution in [2.45, 2.75) is 26.2 Å². The average molecular weight is 295 g/mol. The maximum absolute atomic E-state index is 12.8. The molecule has 22 heavy (non-hydrogen) atoms. The van der Waals surface area contributed by atoms with Gasteiger partial charge in [0.25, 0.3) is 0 Å². The van der Waals surface area contributed by atoms with E-state index in [9.17, 15) is 4.79 Å². The van der Waals surface area contributed by atoms with Crippen molar-refractivity contribution in [1.82, 2.24) is 0 Å². The molecule has 0 aromatic heterocycles. The van der Waals surface area contributed by atoms with Crippen LogP contribution in [0.15, 0.2) is 48.5 Å². The van der Waals surface area contributed by atoms with E-state index in [0.717, 1.165) is 22.6 Å². The number of likely N-dealkylation sites (N-methyl/N-ethyl adjacent to an activating group) is 1. The first kappa shape index (κ1) is 14.6. The third-order valence-electron chi connectivity index (χ3n) is 4.18. The molecule has 0 bridgehead atoms.